The fraction of sp³-hybridized carbons (Fsp3) is 1.00. The molecule has 3 saturated heterocycles. The summed E-state index contributed by atoms with van der Waals surface area (Å²) in [7, 11) is 0. The minimum absolute atomic E-state index is 0.190. The van der Waals surface area contributed by atoms with E-state index in [0.717, 1.165) is 32.1 Å². The number of aliphatic hydroxyl groups is 3. The van der Waals surface area contributed by atoms with Crippen molar-refractivity contribution in [3.8, 4) is 0 Å². The van der Waals surface area contributed by atoms with Gasteiger partial charge in [-0.15, -0.1) is 0 Å². The summed E-state index contributed by atoms with van der Waals surface area (Å²) in [6, 6.07) is 0. The Morgan fingerprint density at radius 1 is 1.00 bits per heavy atom. The third kappa shape index (κ3) is 2.98. The largest absolute Gasteiger partial charge is 0.394 e. The van der Waals surface area contributed by atoms with Crippen molar-refractivity contribution in [1.82, 2.24) is 0 Å². The lowest BCUT2D eigenvalue weighted by Crippen LogP contribution is -2.59. The molecular weight excluding hydrogens is 224 g/mol. The van der Waals surface area contributed by atoms with Crippen LogP contribution in [0.1, 0.15) is 32.1 Å². The van der Waals surface area contributed by atoms with Gasteiger partial charge in [-0.3, -0.25) is 0 Å². The molecule has 0 saturated carbocycles. The van der Waals surface area contributed by atoms with Gasteiger partial charge < -0.3 is 24.8 Å². The molecule has 0 spiro atoms. The lowest BCUT2D eigenvalue weighted by molar-refractivity contribution is -0.242. The fourth-order valence-corrected chi connectivity index (χ4v) is 2.63. The maximum atomic E-state index is 10.0. The molecule has 3 heterocycles. The van der Waals surface area contributed by atoms with E-state index < -0.39 is 24.4 Å². The number of hydrogen-bond acceptors (Lipinski definition) is 5. The summed E-state index contributed by atoms with van der Waals surface area (Å²) in [5.41, 5.74) is 0. The normalized spacial score (nSPS) is 44.3. The van der Waals surface area contributed by atoms with Crippen molar-refractivity contribution in [3.63, 3.8) is 0 Å². The smallest absolute Gasteiger partial charge is 0.114 e. The first kappa shape index (κ1) is 13.2. The molecule has 3 aliphatic rings. The Hall–Kier alpha value is -0.200. The summed E-state index contributed by atoms with van der Waals surface area (Å²) >= 11 is 0. The van der Waals surface area contributed by atoms with Crippen molar-refractivity contribution >= 4 is 0 Å². The van der Waals surface area contributed by atoms with E-state index in [9.17, 15) is 15.3 Å². The molecule has 0 aromatic heterocycles. The van der Waals surface area contributed by atoms with Gasteiger partial charge in [0, 0.05) is 6.61 Å². The average Bonchev–Trinajstić information content (AvgIpc) is 2.40. The van der Waals surface area contributed by atoms with E-state index in [4.69, 9.17) is 9.47 Å². The first-order valence-corrected chi connectivity index (χ1v) is 6.48. The molecule has 3 N–H and O–H groups in total. The standard InChI is InChI=1S/C12H22O5/c13-7-9-12-11(15)10(14)8(17-9)5-3-1-2-4-6-16-12/h8-15H,1-7H2/t8-,9-,10+,11-,12-/m1/s1. The van der Waals surface area contributed by atoms with E-state index >= 15 is 0 Å². The number of ether oxygens (including phenoxy) is 2. The van der Waals surface area contributed by atoms with Crippen LogP contribution in [0.4, 0.5) is 0 Å². The molecule has 5 heteroatoms. The highest BCUT2D eigenvalue weighted by Gasteiger charge is 2.44. The second kappa shape index (κ2) is 6.11. The zero-order valence-corrected chi connectivity index (χ0v) is 9.99. The summed E-state index contributed by atoms with van der Waals surface area (Å²) < 4.78 is 11.2. The minimum atomic E-state index is -0.969. The first-order valence-electron chi connectivity index (χ1n) is 6.48. The first-order chi connectivity index (χ1) is 8.24. The third-order valence-electron chi connectivity index (χ3n) is 3.66. The molecule has 0 aliphatic carbocycles. The molecule has 0 aromatic rings. The average molecular weight is 246 g/mol. The summed E-state index contributed by atoms with van der Waals surface area (Å²) in [5.74, 6) is 0. The summed E-state index contributed by atoms with van der Waals surface area (Å²) in [5, 5.41) is 29.2. The second-order valence-corrected chi connectivity index (χ2v) is 4.92. The topological polar surface area (TPSA) is 79.2 Å². The van der Waals surface area contributed by atoms with Crippen molar-refractivity contribution in [1.29, 1.82) is 0 Å². The van der Waals surface area contributed by atoms with Crippen LogP contribution < -0.4 is 0 Å². The SMILES string of the molecule is OC[C@H]1O[C@@H]2CCCCCCO[C@H]1[C@H](O)[C@H]2O. The zero-order chi connectivity index (χ0) is 12.3. The molecule has 0 amide bonds. The van der Waals surface area contributed by atoms with Crippen LogP contribution in [0.15, 0.2) is 0 Å². The Morgan fingerprint density at radius 3 is 2.53 bits per heavy atom. The zero-order valence-electron chi connectivity index (χ0n) is 9.99. The van der Waals surface area contributed by atoms with Gasteiger partial charge in [0.1, 0.15) is 24.4 Å². The van der Waals surface area contributed by atoms with Crippen molar-refractivity contribution in [2.45, 2.75) is 62.6 Å². The monoisotopic (exact) mass is 246 g/mol. The molecule has 3 fully saturated rings. The molecule has 0 aromatic carbocycles. The van der Waals surface area contributed by atoms with Crippen molar-refractivity contribution in [2.24, 2.45) is 0 Å². The molecule has 0 radical (unpaired) electrons. The molecule has 0 unspecified atom stereocenters. The van der Waals surface area contributed by atoms with Crippen LogP contribution in [-0.4, -0.2) is 59.1 Å². The highest BCUT2D eigenvalue weighted by Crippen LogP contribution is 2.27. The van der Waals surface area contributed by atoms with Gasteiger partial charge in [-0.05, 0) is 12.8 Å². The summed E-state index contributed by atoms with van der Waals surface area (Å²) in [4.78, 5) is 0. The predicted molar refractivity (Wildman–Crippen MR) is 60.6 cm³/mol. The van der Waals surface area contributed by atoms with Crippen molar-refractivity contribution < 1.29 is 24.8 Å². The van der Waals surface area contributed by atoms with Crippen LogP contribution in [0.3, 0.4) is 0 Å². The van der Waals surface area contributed by atoms with Crippen LogP contribution >= 0.6 is 0 Å². The summed E-state index contributed by atoms with van der Waals surface area (Å²) in [6.07, 6.45) is 1.39. The second-order valence-electron chi connectivity index (χ2n) is 4.92. The number of rotatable bonds is 1. The van der Waals surface area contributed by atoms with Crippen LogP contribution in [0, 0.1) is 0 Å². The molecule has 17 heavy (non-hydrogen) atoms. The van der Waals surface area contributed by atoms with E-state index in [1.165, 1.54) is 0 Å². The van der Waals surface area contributed by atoms with Gasteiger partial charge in [0.2, 0.25) is 0 Å². The van der Waals surface area contributed by atoms with E-state index in [-0.39, 0.29) is 12.7 Å². The molecular formula is C12H22O5. The predicted octanol–water partition coefficient (Wildman–Crippen LogP) is -0.183. The van der Waals surface area contributed by atoms with Gasteiger partial charge in [-0.25, -0.2) is 0 Å². The summed E-state index contributed by atoms with van der Waals surface area (Å²) in [6.45, 7) is 0.351. The number of hydrogen-bond donors (Lipinski definition) is 3. The van der Waals surface area contributed by atoms with Gasteiger partial charge in [-0.1, -0.05) is 19.3 Å². The third-order valence-corrected chi connectivity index (χ3v) is 3.66. The van der Waals surface area contributed by atoms with E-state index in [0.29, 0.717) is 6.61 Å². The van der Waals surface area contributed by atoms with Crippen molar-refractivity contribution in [3.05, 3.63) is 0 Å². The van der Waals surface area contributed by atoms with Gasteiger partial charge >= 0.3 is 0 Å². The van der Waals surface area contributed by atoms with Gasteiger partial charge in [0.15, 0.2) is 0 Å². The lowest BCUT2D eigenvalue weighted by atomic mass is 9.92. The maximum absolute atomic E-state index is 10.0. The lowest BCUT2D eigenvalue weighted by Gasteiger charge is -2.42. The molecule has 100 valence electrons. The highest BCUT2D eigenvalue weighted by atomic mass is 16.6. The van der Waals surface area contributed by atoms with Crippen LogP contribution in [0.5, 0.6) is 0 Å². The molecule has 5 nitrogen and oxygen atoms in total. The Morgan fingerprint density at radius 2 is 1.76 bits per heavy atom. The van der Waals surface area contributed by atoms with Gasteiger partial charge in [-0.2, -0.15) is 0 Å². The molecule has 3 rings (SSSR count). The maximum Gasteiger partial charge on any atom is 0.114 e. The van der Waals surface area contributed by atoms with Crippen molar-refractivity contribution in [2.75, 3.05) is 13.2 Å². The fourth-order valence-electron chi connectivity index (χ4n) is 2.63. The molecule has 2 bridgehead atoms. The Labute approximate surface area is 101 Å². The Bertz CT molecular complexity index is 231. The Balaban J connectivity index is 2.11. The molecule has 3 aliphatic heterocycles. The van der Waals surface area contributed by atoms with Crippen LogP contribution in [-0.2, 0) is 9.47 Å². The highest BCUT2D eigenvalue weighted by molar-refractivity contribution is 4.93. The molecule has 5 atom stereocenters. The minimum Gasteiger partial charge on any atom is -0.394 e. The van der Waals surface area contributed by atoms with Crippen LogP contribution in [0.25, 0.3) is 0 Å². The number of fused-ring (bicyclic) bond motifs is 8. The van der Waals surface area contributed by atoms with E-state index in [2.05, 4.69) is 0 Å². The van der Waals surface area contributed by atoms with E-state index in [1.54, 1.807) is 0 Å². The van der Waals surface area contributed by atoms with Gasteiger partial charge in [0.05, 0.1) is 12.7 Å². The Kier molecular flexibility index (Phi) is 4.76. The quantitative estimate of drug-likeness (QED) is 0.598. The number of aliphatic hydroxyl groups excluding tert-OH is 3. The van der Waals surface area contributed by atoms with E-state index in [1.807, 2.05) is 0 Å². The van der Waals surface area contributed by atoms with Gasteiger partial charge in [0.25, 0.3) is 0 Å². The van der Waals surface area contributed by atoms with Crippen LogP contribution in [0.2, 0.25) is 0 Å².